The lowest BCUT2D eigenvalue weighted by atomic mass is 10.1. The highest BCUT2D eigenvalue weighted by Crippen LogP contribution is 2.27. The van der Waals surface area contributed by atoms with Gasteiger partial charge in [-0.25, -0.2) is 0 Å². The van der Waals surface area contributed by atoms with Gasteiger partial charge in [-0.15, -0.1) is 11.3 Å². The molecule has 1 atom stereocenters. The number of fused-ring (bicyclic) bond motifs is 1. The third-order valence-electron chi connectivity index (χ3n) is 4.31. The van der Waals surface area contributed by atoms with Gasteiger partial charge in [-0.05, 0) is 23.1 Å². The molecule has 3 heterocycles. The summed E-state index contributed by atoms with van der Waals surface area (Å²) in [5.74, 6) is -0.0578. The molecule has 1 aliphatic heterocycles. The smallest absolute Gasteiger partial charge is 0.265 e. The molecule has 0 spiro atoms. The summed E-state index contributed by atoms with van der Waals surface area (Å²) < 4.78 is 1.86. The number of hydrogen-bond acceptors (Lipinski definition) is 4. The van der Waals surface area contributed by atoms with Crippen LogP contribution in [-0.2, 0) is 13.1 Å². The van der Waals surface area contributed by atoms with Crippen LogP contribution in [0.4, 0.5) is 0 Å². The fourth-order valence-corrected chi connectivity index (χ4v) is 4.09. The van der Waals surface area contributed by atoms with Crippen molar-refractivity contribution in [2.45, 2.75) is 19.2 Å². The largest absolute Gasteiger partial charge is 0.382 e. The second-order valence-electron chi connectivity index (χ2n) is 5.92. The van der Waals surface area contributed by atoms with Crippen LogP contribution in [0.2, 0.25) is 5.02 Å². The Morgan fingerprint density at radius 2 is 2.04 bits per heavy atom. The SMILES string of the molecule is O=C(c1sccc1Cl)N1CCn2nc([C@H](O)c3ccccc3)cc2C1. The van der Waals surface area contributed by atoms with Gasteiger partial charge in [0.2, 0.25) is 0 Å². The Bertz CT molecular complexity index is 906. The topological polar surface area (TPSA) is 58.4 Å². The third kappa shape index (κ3) is 3.08. The Balaban J connectivity index is 1.55. The monoisotopic (exact) mass is 373 g/mol. The molecule has 0 unspecified atom stereocenters. The van der Waals surface area contributed by atoms with Crippen LogP contribution in [0, 0.1) is 0 Å². The van der Waals surface area contributed by atoms with Crippen molar-refractivity contribution in [3.63, 3.8) is 0 Å². The third-order valence-corrected chi connectivity index (χ3v) is 5.64. The maximum absolute atomic E-state index is 12.6. The average Bonchev–Trinajstić information content (AvgIpc) is 3.26. The lowest BCUT2D eigenvalue weighted by molar-refractivity contribution is 0.0711. The molecule has 0 bridgehead atoms. The fourth-order valence-electron chi connectivity index (χ4n) is 2.99. The first kappa shape index (κ1) is 16.3. The van der Waals surface area contributed by atoms with Crippen LogP contribution in [0.3, 0.4) is 0 Å². The summed E-state index contributed by atoms with van der Waals surface area (Å²) in [6.07, 6.45) is -0.768. The molecule has 1 aliphatic rings. The van der Waals surface area contributed by atoms with Gasteiger partial charge >= 0.3 is 0 Å². The van der Waals surface area contributed by atoms with E-state index >= 15 is 0 Å². The Labute approximate surface area is 154 Å². The molecule has 0 fully saturated rings. The van der Waals surface area contributed by atoms with Gasteiger partial charge < -0.3 is 10.0 Å². The summed E-state index contributed by atoms with van der Waals surface area (Å²) in [5, 5.41) is 17.3. The molecule has 0 saturated heterocycles. The highest BCUT2D eigenvalue weighted by molar-refractivity contribution is 7.12. The average molecular weight is 374 g/mol. The van der Waals surface area contributed by atoms with E-state index in [1.165, 1.54) is 11.3 Å². The number of carbonyl (C=O) groups is 1. The van der Waals surface area contributed by atoms with E-state index in [1.54, 1.807) is 11.0 Å². The van der Waals surface area contributed by atoms with E-state index in [-0.39, 0.29) is 5.91 Å². The molecule has 3 aromatic rings. The van der Waals surface area contributed by atoms with Gasteiger partial charge in [0.25, 0.3) is 5.91 Å². The fraction of sp³-hybridized carbons (Fsp3) is 0.222. The zero-order chi connectivity index (χ0) is 17.4. The van der Waals surface area contributed by atoms with Crippen LogP contribution in [0.15, 0.2) is 47.8 Å². The molecule has 1 aromatic carbocycles. The van der Waals surface area contributed by atoms with Gasteiger partial charge in [0.15, 0.2) is 0 Å². The van der Waals surface area contributed by atoms with E-state index in [0.29, 0.717) is 35.2 Å². The quantitative estimate of drug-likeness (QED) is 0.766. The van der Waals surface area contributed by atoms with Crippen molar-refractivity contribution in [1.29, 1.82) is 0 Å². The van der Waals surface area contributed by atoms with Crippen molar-refractivity contribution in [3.05, 3.63) is 74.7 Å². The Morgan fingerprint density at radius 1 is 1.24 bits per heavy atom. The van der Waals surface area contributed by atoms with E-state index in [1.807, 2.05) is 46.5 Å². The highest BCUT2D eigenvalue weighted by atomic mass is 35.5. The number of benzene rings is 1. The van der Waals surface area contributed by atoms with Gasteiger partial charge in [-0.1, -0.05) is 41.9 Å². The lowest BCUT2D eigenvalue weighted by Crippen LogP contribution is -2.38. The van der Waals surface area contributed by atoms with Crippen molar-refractivity contribution >= 4 is 28.8 Å². The highest BCUT2D eigenvalue weighted by Gasteiger charge is 2.26. The summed E-state index contributed by atoms with van der Waals surface area (Å²) in [4.78, 5) is 15.0. The van der Waals surface area contributed by atoms with E-state index in [4.69, 9.17) is 11.6 Å². The first-order valence-corrected chi connectivity index (χ1v) is 9.21. The minimum Gasteiger partial charge on any atom is -0.382 e. The minimum atomic E-state index is -0.768. The van der Waals surface area contributed by atoms with Crippen molar-refractivity contribution in [2.75, 3.05) is 6.54 Å². The molecule has 0 aliphatic carbocycles. The molecule has 0 radical (unpaired) electrons. The van der Waals surface area contributed by atoms with Crippen molar-refractivity contribution in [2.24, 2.45) is 0 Å². The number of aliphatic hydroxyl groups excluding tert-OH is 1. The number of carbonyl (C=O) groups excluding carboxylic acids is 1. The number of hydrogen-bond donors (Lipinski definition) is 1. The Morgan fingerprint density at radius 3 is 2.76 bits per heavy atom. The van der Waals surface area contributed by atoms with Gasteiger partial charge in [-0.3, -0.25) is 9.48 Å². The molecule has 0 saturated carbocycles. The van der Waals surface area contributed by atoms with Gasteiger partial charge in [0.1, 0.15) is 11.0 Å². The van der Waals surface area contributed by atoms with Gasteiger partial charge in [-0.2, -0.15) is 5.10 Å². The summed E-state index contributed by atoms with van der Waals surface area (Å²) in [5.41, 5.74) is 2.32. The predicted molar refractivity (Wildman–Crippen MR) is 96.8 cm³/mol. The van der Waals surface area contributed by atoms with Crippen LogP contribution in [0.25, 0.3) is 0 Å². The van der Waals surface area contributed by atoms with Gasteiger partial charge in [0, 0.05) is 6.54 Å². The first-order chi connectivity index (χ1) is 12.1. The second-order valence-corrected chi connectivity index (χ2v) is 7.24. The van der Waals surface area contributed by atoms with E-state index in [0.717, 1.165) is 11.3 Å². The van der Waals surface area contributed by atoms with Crippen molar-refractivity contribution in [1.82, 2.24) is 14.7 Å². The summed E-state index contributed by atoms with van der Waals surface area (Å²) in [6.45, 7) is 1.63. The maximum Gasteiger partial charge on any atom is 0.265 e. The summed E-state index contributed by atoms with van der Waals surface area (Å²) >= 11 is 7.43. The van der Waals surface area contributed by atoms with Gasteiger partial charge in [0.05, 0.1) is 29.5 Å². The molecule has 2 aromatic heterocycles. The molecule has 25 heavy (non-hydrogen) atoms. The molecule has 7 heteroatoms. The zero-order valence-electron chi connectivity index (χ0n) is 13.3. The van der Waals surface area contributed by atoms with Crippen molar-refractivity contribution < 1.29 is 9.90 Å². The molecular formula is C18H16ClN3O2S. The van der Waals surface area contributed by atoms with E-state index in [2.05, 4.69) is 5.10 Å². The number of thiophene rings is 1. The second kappa shape index (κ2) is 6.63. The Kier molecular flexibility index (Phi) is 4.33. The molecule has 5 nitrogen and oxygen atoms in total. The summed E-state index contributed by atoms with van der Waals surface area (Å²) in [6, 6.07) is 13.0. The van der Waals surface area contributed by atoms with Crippen LogP contribution >= 0.6 is 22.9 Å². The van der Waals surface area contributed by atoms with E-state index < -0.39 is 6.10 Å². The number of aliphatic hydroxyl groups is 1. The van der Waals surface area contributed by atoms with E-state index in [9.17, 15) is 9.90 Å². The predicted octanol–water partition coefficient (Wildman–Crippen LogP) is 3.34. The first-order valence-electron chi connectivity index (χ1n) is 7.95. The number of amides is 1. The number of aromatic nitrogens is 2. The van der Waals surface area contributed by atoms with Crippen LogP contribution in [-0.4, -0.2) is 32.2 Å². The van der Waals surface area contributed by atoms with Crippen LogP contribution in [0.1, 0.15) is 32.7 Å². The number of nitrogens with zero attached hydrogens (tertiary/aromatic N) is 3. The normalized spacial score (nSPS) is 15.0. The number of halogens is 1. The minimum absolute atomic E-state index is 0.0578. The Hall–Kier alpha value is -2.15. The summed E-state index contributed by atoms with van der Waals surface area (Å²) in [7, 11) is 0. The molecular weight excluding hydrogens is 358 g/mol. The van der Waals surface area contributed by atoms with Crippen molar-refractivity contribution in [3.8, 4) is 0 Å². The lowest BCUT2D eigenvalue weighted by Gasteiger charge is -2.27. The molecule has 1 N–H and O–H groups in total. The molecule has 128 valence electrons. The number of rotatable bonds is 3. The van der Waals surface area contributed by atoms with Crippen LogP contribution < -0.4 is 0 Å². The standard InChI is InChI=1S/C18H16ClN3O2S/c19-14-6-9-25-17(14)18(24)21-7-8-22-13(11-21)10-15(20-22)16(23)12-4-2-1-3-5-12/h1-6,9-10,16,23H,7-8,11H2/t16-/m1/s1. The molecule has 1 amide bonds. The zero-order valence-corrected chi connectivity index (χ0v) is 14.9. The molecule has 4 rings (SSSR count). The van der Waals surface area contributed by atoms with Crippen LogP contribution in [0.5, 0.6) is 0 Å². The maximum atomic E-state index is 12.6.